The Labute approximate surface area is 95.6 Å². The Morgan fingerprint density at radius 2 is 2.20 bits per heavy atom. The van der Waals surface area contributed by atoms with Crippen LogP contribution in [0.2, 0.25) is 5.02 Å². The monoisotopic (exact) mass is 225 g/mol. The molecule has 0 bridgehead atoms. The van der Waals surface area contributed by atoms with E-state index >= 15 is 0 Å². The van der Waals surface area contributed by atoms with E-state index in [0.717, 1.165) is 24.8 Å². The maximum Gasteiger partial charge on any atom is 0.221 e. The van der Waals surface area contributed by atoms with Gasteiger partial charge < -0.3 is 5.32 Å². The molecule has 0 atom stereocenters. The van der Waals surface area contributed by atoms with Gasteiger partial charge in [-0.3, -0.25) is 4.79 Å². The van der Waals surface area contributed by atoms with Crippen molar-refractivity contribution in [3.05, 3.63) is 28.8 Å². The maximum absolute atomic E-state index is 10.9. The lowest BCUT2D eigenvalue weighted by Crippen LogP contribution is -2.06. The van der Waals surface area contributed by atoms with E-state index in [2.05, 4.69) is 12.2 Å². The lowest BCUT2D eigenvalue weighted by Gasteiger charge is -2.09. The fourth-order valence-corrected chi connectivity index (χ4v) is 1.69. The van der Waals surface area contributed by atoms with Gasteiger partial charge in [-0.05, 0) is 24.5 Å². The number of aryl methyl sites for hydroxylation is 1. The van der Waals surface area contributed by atoms with Gasteiger partial charge in [0.15, 0.2) is 0 Å². The lowest BCUT2D eigenvalue weighted by molar-refractivity contribution is -0.114. The number of carbonyl (C=O) groups excluding carboxylic acids is 1. The fraction of sp³-hybridized carbons (Fsp3) is 0.417. The van der Waals surface area contributed by atoms with Crippen molar-refractivity contribution in [2.45, 2.75) is 33.1 Å². The van der Waals surface area contributed by atoms with E-state index in [1.165, 1.54) is 6.92 Å². The topological polar surface area (TPSA) is 29.1 Å². The predicted molar refractivity (Wildman–Crippen MR) is 64.4 cm³/mol. The zero-order chi connectivity index (χ0) is 11.3. The molecule has 1 rings (SSSR count). The number of nitrogens with one attached hydrogen (secondary N) is 1. The van der Waals surface area contributed by atoms with E-state index in [4.69, 9.17) is 11.6 Å². The van der Waals surface area contributed by atoms with E-state index in [0.29, 0.717) is 10.7 Å². The first-order chi connectivity index (χ1) is 7.15. The number of benzene rings is 1. The minimum atomic E-state index is -0.0930. The van der Waals surface area contributed by atoms with E-state index in [1.54, 1.807) is 0 Å². The number of hydrogen-bond acceptors (Lipinski definition) is 1. The summed E-state index contributed by atoms with van der Waals surface area (Å²) in [7, 11) is 0. The molecule has 1 aromatic rings. The number of amides is 1. The highest BCUT2D eigenvalue weighted by Gasteiger charge is 2.06. The average Bonchev–Trinajstić information content (AvgIpc) is 2.19. The summed E-state index contributed by atoms with van der Waals surface area (Å²) in [5.74, 6) is -0.0930. The molecule has 0 heterocycles. The molecule has 2 nitrogen and oxygen atoms in total. The van der Waals surface area contributed by atoms with Gasteiger partial charge in [0, 0.05) is 6.92 Å². The van der Waals surface area contributed by atoms with E-state index < -0.39 is 0 Å². The molecule has 0 unspecified atom stereocenters. The number of carbonyl (C=O) groups is 1. The predicted octanol–water partition coefficient (Wildman–Crippen LogP) is 3.64. The molecule has 82 valence electrons. The second kappa shape index (κ2) is 5.76. The minimum Gasteiger partial charge on any atom is -0.325 e. The van der Waals surface area contributed by atoms with Crippen LogP contribution in [0.25, 0.3) is 0 Å². The average molecular weight is 226 g/mol. The Hall–Kier alpha value is -1.02. The second-order valence-corrected chi connectivity index (χ2v) is 3.94. The van der Waals surface area contributed by atoms with Crippen molar-refractivity contribution < 1.29 is 4.79 Å². The second-order valence-electron chi connectivity index (χ2n) is 3.56. The first-order valence-electron chi connectivity index (χ1n) is 5.20. The molecule has 0 aliphatic heterocycles. The molecule has 0 radical (unpaired) electrons. The Balaban J connectivity index is 2.85. The fourth-order valence-electron chi connectivity index (χ4n) is 1.43. The van der Waals surface area contributed by atoms with Gasteiger partial charge in [-0.25, -0.2) is 0 Å². The quantitative estimate of drug-likeness (QED) is 0.833. The molecule has 15 heavy (non-hydrogen) atoms. The number of anilines is 1. The molecule has 1 aromatic carbocycles. The van der Waals surface area contributed by atoms with Crippen LogP contribution in [0.5, 0.6) is 0 Å². The molecule has 3 heteroatoms. The van der Waals surface area contributed by atoms with Crippen LogP contribution >= 0.6 is 11.6 Å². The van der Waals surface area contributed by atoms with E-state index in [-0.39, 0.29) is 5.91 Å². The number of rotatable bonds is 4. The van der Waals surface area contributed by atoms with Gasteiger partial charge in [0.25, 0.3) is 0 Å². The summed E-state index contributed by atoms with van der Waals surface area (Å²) in [6.45, 7) is 3.63. The van der Waals surface area contributed by atoms with Crippen LogP contribution in [-0.2, 0) is 11.2 Å². The molecule has 1 N–H and O–H groups in total. The highest BCUT2D eigenvalue weighted by atomic mass is 35.5. The largest absolute Gasteiger partial charge is 0.325 e. The Morgan fingerprint density at radius 3 is 2.80 bits per heavy atom. The third-order valence-electron chi connectivity index (χ3n) is 2.19. The molecule has 1 amide bonds. The van der Waals surface area contributed by atoms with Crippen LogP contribution in [0.15, 0.2) is 18.2 Å². The van der Waals surface area contributed by atoms with Crippen molar-refractivity contribution in [2.75, 3.05) is 5.32 Å². The summed E-state index contributed by atoms with van der Waals surface area (Å²) in [6.07, 6.45) is 3.21. The molecule has 0 fully saturated rings. The summed E-state index contributed by atoms with van der Waals surface area (Å²) in [6, 6.07) is 5.74. The van der Waals surface area contributed by atoms with Crippen molar-refractivity contribution in [1.82, 2.24) is 0 Å². The summed E-state index contributed by atoms with van der Waals surface area (Å²) in [5.41, 5.74) is 1.81. The van der Waals surface area contributed by atoms with Crippen LogP contribution in [0.4, 0.5) is 5.69 Å². The van der Waals surface area contributed by atoms with Gasteiger partial charge >= 0.3 is 0 Å². The highest BCUT2D eigenvalue weighted by Crippen LogP contribution is 2.26. The van der Waals surface area contributed by atoms with Crippen molar-refractivity contribution in [3.8, 4) is 0 Å². The number of halogens is 1. The summed E-state index contributed by atoms with van der Waals surface area (Å²) >= 11 is 6.17. The normalized spacial score (nSPS) is 10.1. The van der Waals surface area contributed by atoms with Crippen molar-refractivity contribution in [1.29, 1.82) is 0 Å². The zero-order valence-electron chi connectivity index (χ0n) is 9.14. The van der Waals surface area contributed by atoms with E-state index in [1.807, 2.05) is 18.2 Å². The third-order valence-corrected chi connectivity index (χ3v) is 2.64. The van der Waals surface area contributed by atoms with Crippen molar-refractivity contribution >= 4 is 23.2 Å². The third kappa shape index (κ3) is 3.56. The maximum atomic E-state index is 10.9. The Bertz CT molecular complexity index is 349. The van der Waals surface area contributed by atoms with Crippen LogP contribution in [0.3, 0.4) is 0 Å². The van der Waals surface area contributed by atoms with Crippen LogP contribution < -0.4 is 5.32 Å². The van der Waals surface area contributed by atoms with Crippen LogP contribution in [0, 0.1) is 0 Å². The molecular formula is C12H16ClNO. The molecule has 0 saturated heterocycles. The SMILES string of the molecule is CCCCc1cccc(NC(C)=O)c1Cl. The van der Waals surface area contributed by atoms with Crippen LogP contribution in [-0.4, -0.2) is 5.91 Å². The van der Waals surface area contributed by atoms with Crippen LogP contribution in [0.1, 0.15) is 32.3 Å². The smallest absolute Gasteiger partial charge is 0.221 e. The number of hydrogen-bond donors (Lipinski definition) is 1. The molecule has 0 aliphatic rings. The lowest BCUT2D eigenvalue weighted by atomic mass is 10.1. The van der Waals surface area contributed by atoms with Gasteiger partial charge in [-0.1, -0.05) is 37.1 Å². The Kier molecular flexibility index (Phi) is 4.63. The first-order valence-corrected chi connectivity index (χ1v) is 5.58. The van der Waals surface area contributed by atoms with E-state index in [9.17, 15) is 4.79 Å². The molecule has 0 spiro atoms. The molecule has 0 aliphatic carbocycles. The molecular weight excluding hydrogens is 210 g/mol. The first kappa shape index (κ1) is 12.1. The van der Waals surface area contributed by atoms with Crippen molar-refractivity contribution in [3.63, 3.8) is 0 Å². The van der Waals surface area contributed by atoms with Gasteiger partial charge in [-0.15, -0.1) is 0 Å². The Morgan fingerprint density at radius 1 is 1.47 bits per heavy atom. The summed E-state index contributed by atoms with van der Waals surface area (Å²) in [4.78, 5) is 10.9. The molecule has 0 saturated carbocycles. The zero-order valence-corrected chi connectivity index (χ0v) is 9.90. The van der Waals surface area contributed by atoms with Gasteiger partial charge in [0.05, 0.1) is 10.7 Å². The highest BCUT2D eigenvalue weighted by molar-refractivity contribution is 6.34. The minimum absolute atomic E-state index is 0.0930. The van der Waals surface area contributed by atoms with Gasteiger partial charge in [0.1, 0.15) is 0 Å². The number of unbranched alkanes of at least 4 members (excludes halogenated alkanes) is 1. The van der Waals surface area contributed by atoms with Gasteiger partial charge in [0.2, 0.25) is 5.91 Å². The van der Waals surface area contributed by atoms with Gasteiger partial charge in [-0.2, -0.15) is 0 Å². The summed E-state index contributed by atoms with van der Waals surface area (Å²) < 4.78 is 0. The summed E-state index contributed by atoms with van der Waals surface area (Å²) in [5, 5.41) is 3.39. The standard InChI is InChI=1S/C12H16ClNO/c1-3-4-6-10-7-5-8-11(12(10)13)14-9(2)15/h5,7-8H,3-4,6H2,1-2H3,(H,14,15). The van der Waals surface area contributed by atoms with Crippen molar-refractivity contribution in [2.24, 2.45) is 0 Å². The molecule has 0 aromatic heterocycles.